The quantitative estimate of drug-likeness (QED) is 0.747. The van der Waals surface area contributed by atoms with Crippen molar-refractivity contribution in [2.45, 2.75) is 4.83 Å². The highest BCUT2D eigenvalue weighted by Crippen LogP contribution is 2.36. The molecule has 0 heterocycles. The highest BCUT2D eigenvalue weighted by atomic mass is 79.9. The number of benzene rings is 2. The van der Waals surface area contributed by atoms with Gasteiger partial charge < -0.3 is 4.74 Å². The summed E-state index contributed by atoms with van der Waals surface area (Å²) in [5.74, 6) is -1.70. The molecular formula is C14H10BrF3O. The molecule has 1 atom stereocenters. The van der Waals surface area contributed by atoms with Gasteiger partial charge in [0, 0.05) is 17.2 Å². The fourth-order valence-electron chi connectivity index (χ4n) is 1.75. The minimum absolute atomic E-state index is 0.143. The van der Waals surface area contributed by atoms with Gasteiger partial charge in [-0.25, -0.2) is 13.2 Å². The number of ether oxygens (including phenoxy) is 1. The third-order valence-corrected chi connectivity index (χ3v) is 3.68. The Bertz CT molecular complexity index is 581. The molecule has 1 unspecified atom stereocenters. The number of halogens is 4. The summed E-state index contributed by atoms with van der Waals surface area (Å²) in [6.07, 6.45) is 0. The summed E-state index contributed by atoms with van der Waals surface area (Å²) in [5.41, 5.74) is -0.0728. The first-order valence-corrected chi connectivity index (χ1v) is 6.37. The molecule has 0 saturated carbocycles. The van der Waals surface area contributed by atoms with E-state index in [9.17, 15) is 13.2 Å². The molecule has 1 nitrogen and oxygen atoms in total. The zero-order valence-corrected chi connectivity index (χ0v) is 11.5. The van der Waals surface area contributed by atoms with Gasteiger partial charge in [0.05, 0.1) is 11.9 Å². The molecule has 0 aromatic heterocycles. The van der Waals surface area contributed by atoms with Crippen LogP contribution in [0.2, 0.25) is 0 Å². The molecule has 0 aliphatic heterocycles. The number of alkyl halides is 1. The summed E-state index contributed by atoms with van der Waals surface area (Å²) in [7, 11) is 1.41. The van der Waals surface area contributed by atoms with Crippen LogP contribution in [0, 0.1) is 17.5 Å². The molecule has 0 saturated heterocycles. The van der Waals surface area contributed by atoms with Crippen molar-refractivity contribution in [2.75, 3.05) is 7.11 Å². The minimum Gasteiger partial charge on any atom is -0.497 e. The van der Waals surface area contributed by atoms with Crippen molar-refractivity contribution in [1.29, 1.82) is 0 Å². The maximum absolute atomic E-state index is 13.9. The van der Waals surface area contributed by atoms with Crippen LogP contribution in [0.3, 0.4) is 0 Å². The Morgan fingerprint density at radius 1 is 1.00 bits per heavy atom. The summed E-state index contributed by atoms with van der Waals surface area (Å²) in [4.78, 5) is -0.903. The van der Waals surface area contributed by atoms with Crippen LogP contribution in [0.1, 0.15) is 16.0 Å². The van der Waals surface area contributed by atoms with Crippen LogP contribution in [0.15, 0.2) is 36.4 Å². The fourth-order valence-corrected chi connectivity index (χ4v) is 2.56. The second-order valence-electron chi connectivity index (χ2n) is 3.89. The number of hydrogen-bond donors (Lipinski definition) is 0. The van der Waals surface area contributed by atoms with Gasteiger partial charge in [-0.15, -0.1) is 0 Å². The summed E-state index contributed by atoms with van der Waals surface area (Å²) in [6.45, 7) is 0. The average molecular weight is 331 g/mol. The van der Waals surface area contributed by atoms with Gasteiger partial charge >= 0.3 is 0 Å². The third kappa shape index (κ3) is 2.76. The molecule has 0 amide bonds. The molecule has 19 heavy (non-hydrogen) atoms. The molecule has 0 fully saturated rings. The van der Waals surface area contributed by atoms with E-state index in [4.69, 9.17) is 4.74 Å². The van der Waals surface area contributed by atoms with E-state index in [1.807, 2.05) is 0 Å². The Hall–Kier alpha value is -1.49. The van der Waals surface area contributed by atoms with Gasteiger partial charge in [0.1, 0.15) is 23.2 Å². The van der Waals surface area contributed by atoms with Crippen LogP contribution in [-0.2, 0) is 0 Å². The molecule has 0 radical (unpaired) electrons. The largest absolute Gasteiger partial charge is 0.497 e. The molecule has 0 aliphatic carbocycles. The van der Waals surface area contributed by atoms with Gasteiger partial charge in [0.25, 0.3) is 0 Å². The topological polar surface area (TPSA) is 9.23 Å². The Balaban J connectivity index is 2.47. The first kappa shape index (κ1) is 13.9. The van der Waals surface area contributed by atoms with E-state index in [1.165, 1.54) is 31.4 Å². The maximum Gasteiger partial charge on any atom is 0.131 e. The summed E-state index contributed by atoms with van der Waals surface area (Å²) >= 11 is 3.13. The van der Waals surface area contributed by atoms with Gasteiger partial charge in [0.15, 0.2) is 0 Å². The van der Waals surface area contributed by atoms with E-state index < -0.39 is 22.3 Å². The molecule has 5 heteroatoms. The maximum atomic E-state index is 13.9. The zero-order chi connectivity index (χ0) is 14.0. The first-order valence-electron chi connectivity index (χ1n) is 5.46. The molecule has 0 bridgehead atoms. The predicted molar refractivity (Wildman–Crippen MR) is 70.1 cm³/mol. The summed E-state index contributed by atoms with van der Waals surface area (Å²) < 4.78 is 46.1. The second-order valence-corrected chi connectivity index (χ2v) is 4.80. The second kappa shape index (κ2) is 5.65. The highest BCUT2D eigenvalue weighted by molar-refractivity contribution is 9.09. The molecule has 2 rings (SSSR count). The van der Waals surface area contributed by atoms with Crippen molar-refractivity contribution in [3.63, 3.8) is 0 Å². The van der Waals surface area contributed by atoms with E-state index in [2.05, 4.69) is 15.9 Å². The molecular weight excluding hydrogens is 321 g/mol. The van der Waals surface area contributed by atoms with E-state index in [0.29, 0.717) is 5.75 Å². The number of rotatable bonds is 3. The monoisotopic (exact) mass is 330 g/mol. The molecule has 2 aromatic carbocycles. The van der Waals surface area contributed by atoms with Crippen molar-refractivity contribution in [1.82, 2.24) is 0 Å². The van der Waals surface area contributed by atoms with Crippen LogP contribution in [0.5, 0.6) is 5.75 Å². The molecule has 100 valence electrons. The van der Waals surface area contributed by atoms with Crippen LogP contribution in [-0.4, -0.2) is 7.11 Å². The van der Waals surface area contributed by atoms with Crippen molar-refractivity contribution in [3.8, 4) is 5.75 Å². The van der Waals surface area contributed by atoms with E-state index in [0.717, 1.165) is 12.1 Å². The Labute approximate surface area is 117 Å². The summed E-state index contributed by atoms with van der Waals surface area (Å²) in [6, 6.07) is 7.66. The van der Waals surface area contributed by atoms with Gasteiger partial charge in [-0.3, -0.25) is 0 Å². The SMILES string of the molecule is COc1ccc(C(Br)c2c(F)cccc2F)c(F)c1. The van der Waals surface area contributed by atoms with Crippen molar-refractivity contribution < 1.29 is 17.9 Å². The first-order chi connectivity index (χ1) is 9.04. The molecule has 0 N–H and O–H groups in total. The van der Waals surface area contributed by atoms with Crippen molar-refractivity contribution in [3.05, 3.63) is 65.0 Å². The minimum atomic E-state index is -0.903. The molecule has 2 aromatic rings. The third-order valence-electron chi connectivity index (χ3n) is 2.73. The van der Waals surface area contributed by atoms with Gasteiger partial charge in [-0.05, 0) is 18.2 Å². The number of hydrogen-bond acceptors (Lipinski definition) is 1. The van der Waals surface area contributed by atoms with Crippen molar-refractivity contribution >= 4 is 15.9 Å². The van der Waals surface area contributed by atoms with Crippen LogP contribution >= 0.6 is 15.9 Å². The Kier molecular flexibility index (Phi) is 4.14. The number of methoxy groups -OCH3 is 1. The van der Waals surface area contributed by atoms with Crippen LogP contribution in [0.4, 0.5) is 13.2 Å². The smallest absolute Gasteiger partial charge is 0.131 e. The lowest BCUT2D eigenvalue weighted by Crippen LogP contribution is -2.03. The van der Waals surface area contributed by atoms with E-state index in [1.54, 1.807) is 0 Å². The van der Waals surface area contributed by atoms with E-state index in [-0.39, 0.29) is 11.1 Å². The lowest BCUT2D eigenvalue weighted by molar-refractivity contribution is 0.410. The Morgan fingerprint density at radius 3 is 2.16 bits per heavy atom. The van der Waals surface area contributed by atoms with Crippen LogP contribution < -0.4 is 4.74 Å². The standard InChI is InChI=1S/C14H10BrF3O/c1-19-8-5-6-9(12(18)7-8)14(15)13-10(16)3-2-4-11(13)17/h2-7,14H,1H3. The molecule has 0 spiro atoms. The van der Waals surface area contributed by atoms with Crippen molar-refractivity contribution in [2.24, 2.45) is 0 Å². The lowest BCUT2D eigenvalue weighted by Gasteiger charge is -2.14. The highest BCUT2D eigenvalue weighted by Gasteiger charge is 2.22. The van der Waals surface area contributed by atoms with E-state index >= 15 is 0 Å². The molecule has 0 aliphatic rings. The Morgan fingerprint density at radius 2 is 1.63 bits per heavy atom. The average Bonchev–Trinajstić information content (AvgIpc) is 2.38. The normalized spacial score (nSPS) is 12.3. The van der Waals surface area contributed by atoms with Crippen LogP contribution in [0.25, 0.3) is 0 Å². The zero-order valence-electron chi connectivity index (χ0n) is 9.96. The predicted octanol–water partition coefficient (Wildman–Crippen LogP) is 4.60. The van der Waals surface area contributed by atoms with Gasteiger partial charge in [-0.2, -0.15) is 0 Å². The fraction of sp³-hybridized carbons (Fsp3) is 0.143. The lowest BCUT2D eigenvalue weighted by atomic mass is 10.0. The summed E-state index contributed by atoms with van der Waals surface area (Å²) in [5, 5.41) is 0. The van der Waals surface area contributed by atoms with Gasteiger partial charge in [0.2, 0.25) is 0 Å². The van der Waals surface area contributed by atoms with Gasteiger partial charge in [-0.1, -0.05) is 28.1 Å².